The summed E-state index contributed by atoms with van der Waals surface area (Å²) in [7, 11) is 0. The van der Waals surface area contributed by atoms with E-state index in [9.17, 15) is 4.79 Å². The molecule has 5 heteroatoms. The number of nitrogens with zero attached hydrogens (tertiary/aromatic N) is 2. The number of hydrogen-bond acceptors (Lipinski definition) is 4. The van der Waals surface area contributed by atoms with Gasteiger partial charge in [0.1, 0.15) is 0 Å². The molecule has 2 aromatic rings. The molecule has 0 aliphatic carbocycles. The van der Waals surface area contributed by atoms with Gasteiger partial charge in [-0.3, -0.25) is 4.79 Å². The van der Waals surface area contributed by atoms with Crippen molar-refractivity contribution in [1.82, 2.24) is 10.2 Å². The Morgan fingerprint density at radius 3 is 2.57 bits per heavy atom. The lowest BCUT2D eigenvalue weighted by Crippen LogP contribution is -2.12. The van der Waals surface area contributed by atoms with E-state index in [0.29, 0.717) is 18.1 Å². The monoisotopic (exact) mass is 284 g/mol. The molecule has 110 valence electrons. The van der Waals surface area contributed by atoms with Crippen LogP contribution in [-0.2, 0) is 4.79 Å². The SMILES string of the molecule is CCCCC(=O)Nc1ccc(Nc2cccc(C)c2)nn1. The van der Waals surface area contributed by atoms with E-state index in [0.717, 1.165) is 18.5 Å². The predicted octanol–water partition coefficient (Wildman–Crippen LogP) is 3.66. The fourth-order valence-electron chi connectivity index (χ4n) is 1.88. The number of carbonyl (C=O) groups is 1. The Labute approximate surface area is 124 Å². The van der Waals surface area contributed by atoms with Gasteiger partial charge in [-0.2, -0.15) is 0 Å². The van der Waals surface area contributed by atoms with Gasteiger partial charge >= 0.3 is 0 Å². The number of anilines is 3. The van der Waals surface area contributed by atoms with Gasteiger partial charge in [-0.15, -0.1) is 10.2 Å². The average Bonchev–Trinajstić information content (AvgIpc) is 2.47. The second-order valence-corrected chi connectivity index (χ2v) is 4.95. The molecule has 0 unspecified atom stereocenters. The van der Waals surface area contributed by atoms with Crippen LogP contribution in [-0.4, -0.2) is 16.1 Å². The Hall–Kier alpha value is -2.43. The van der Waals surface area contributed by atoms with Crippen molar-refractivity contribution >= 4 is 23.2 Å². The Kier molecular flexibility index (Phi) is 5.26. The van der Waals surface area contributed by atoms with Crippen molar-refractivity contribution in [2.45, 2.75) is 33.1 Å². The van der Waals surface area contributed by atoms with Crippen LogP contribution < -0.4 is 10.6 Å². The molecule has 1 aromatic carbocycles. The van der Waals surface area contributed by atoms with Crippen molar-refractivity contribution in [3.8, 4) is 0 Å². The molecule has 0 aliphatic heterocycles. The summed E-state index contributed by atoms with van der Waals surface area (Å²) in [5.74, 6) is 1.10. The van der Waals surface area contributed by atoms with Crippen LogP contribution in [0.4, 0.5) is 17.3 Å². The number of carbonyl (C=O) groups excluding carboxylic acids is 1. The molecule has 0 radical (unpaired) electrons. The number of benzene rings is 1. The molecule has 2 N–H and O–H groups in total. The summed E-state index contributed by atoms with van der Waals surface area (Å²) in [5, 5.41) is 14.0. The molecule has 0 bridgehead atoms. The Bertz CT molecular complexity index is 595. The van der Waals surface area contributed by atoms with Crippen LogP contribution in [0, 0.1) is 6.92 Å². The molecule has 0 fully saturated rings. The molecule has 0 saturated heterocycles. The van der Waals surface area contributed by atoms with Gasteiger partial charge in [-0.1, -0.05) is 25.5 Å². The maximum Gasteiger partial charge on any atom is 0.225 e. The number of aromatic nitrogens is 2. The molecule has 1 aromatic heterocycles. The van der Waals surface area contributed by atoms with E-state index >= 15 is 0 Å². The minimum Gasteiger partial charge on any atom is -0.339 e. The van der Waals surface area contributed by atoms with Gasteiger partial charge in [0.05, 0.1) is 0 Å². The van der Waals surface area contributed by atoms with Crippen LogP contribution in [0.1, 0.15) is 31.7 Å². The van der Waals surface area contributed by atoms with E-state index in [1.807, 2.05) is 31.2 Å². The lowest BCUT2D eigenvalue weighted by atomic mass is 10.2. The van der Waals surface area contributed by atoms with E-state index in [4.69, 9.17) is 0 Å². The standard InChI is InChI=1S/C16H20N4O/c1-3-4-8-16(21)18-15-10-9-14(19-20-15)17-13-7-5-6-12(2)11-13/h5-7,9-11H,3-4,8H2,1-2H3,(H,17,19)(H,18,20,21). The second kappa shape index (κ2) is 7.38. The van der Waals surface area contributed by atoms with Crippen LogP contribution in [0.2, 0.25) is 0 Å². The highest BCUT2D eigenvalue weighted by molar-refractivity contribution is 5.89. The molecule has 0 aliphatic rings. The van der Waals surface area contributed by atoms with Gasteiger partial charge in [0, 0.05) is 12.1 Å². The topological polar surface area (TPSA) is 66.9 Å². The maximum absolute atomic E-state index is 11.6. The number of hydrogen-bond donors (Lipinski definition) is 2. The van der Waals surface area contributed by atoms with Crippen LogP contribution in [0.15, 0.2) is 36.4 Å². The highest BCUT2D eigenvalue weighted by Gasteiger charge is 2.03. The zero-order chi connectivity index (χ0) is 15.1. The van der Waals surface area contributed by atoms with Crippen LogP contribution >= 0.6 is 0 Å². The molecular formula is C16H20N4O. The molecule has 5 nitrogen and oxygen atoms in total. The summed E-state index contributed by atoms with van der Waals surface area (Å²) in [5.41, 5.74) is 2.14. The third-order valence-electron chi connectivity index (χ3n) is 2.98. The molecule has 21 heavy (non-hydrogen) atoms. The van der Waals surface area contributed by atoms with E-state index in [-0.39, 0.29) is 5.91 Å². The fraction of sp³-hybridized carbons (Fsp3) is 0.312. The lowest BCUT2D eigenvalue weighted by Gasteiger charge is -2.07. The van der Waals surface area contributed by atoms with Gasteiger partial charge in [0.25, 0.3) is 0 Å². The average molecular weight is 284 g/mol. The first-order valence-electron chi connectivity index (χ1n) is 7.14. The molecule has 0 atom stereocenters. The summed E-state index contributed by atoms with van der Waals surface area (Å²) in [6, 6.07) is 11.6. The Balaban J connectivity index is 1.94. The molecule has 1 amide bonds. The quantitative estimate of drug-likeness (QED) is 0.849. The summed E-state index contributed by atoms with van der Waals surface area (Å²) in [4.78, 5) is 11.6. The zero-order valence-corrected chi connectivity index (χ0v) is 12.4. The minimum absolute atomic E-state index is 0.0226. The van der Waals surface area contributed by atoms with Crippen molar-refractivity contribution in [3.63, 3.8) is 0 Å². The highest BCUT2D eigenvalue weighted by Crippen LogP contribution is 2.16. The first kappa shape index (κ1) is 15.0. The van der Waals surface area contributed by atoms with E-state index in [1.54, 1.807) is 12.1 Å². The number of unbranched alkanes of at least 4 members (excludes halogenated alkanes) is 1. The van der Waals surface area contributed by atoms with Gasteiger partial charge in [0.2, 0.25) is 5.91 Å². The Morgan fingerprint density at radius 1 is 1.14 bits per heavy atom. The number of rotatable bonds is 6. The number of amides is 1. The van der Waals surface area contributed by atoms with Gasteiger partial charge in [-0.05, 0) is 43.2 Å². The fourth-order valence-corrected chi connectivity index (χ4v) is 1.88. The normalized spacial score (nSPS) is 10.2. The van der Waals surface area contributed by atoms with Gasteiger partial charge in [-0.25, -0.2) is 0 Å². The second-order valence-electron chi connectivity index (χ2n) is 4.95. The lowest BCUT2D eigenvalue weighted by molar-refractivity contribution is -0.116. The van der Waals surface area contributed by atoms with E-state index in [2.05, 4.69) is 27.8 Å². The third-order valence-corrected chi connectivity index (χ3v) is 2.98. The molecule has 1 heterocycles. The number of nitrogens with one attached hydrogen (secondary N) is 2. The summed E-state index contributed by atoms with van der Waals surface area (Å²) in [6.07, 6.45) is 2.40. The largest absolute Gasteiger partial charge is 0.339 e. The van der Waals surface area contributed by atoms with Crippen molar-refractivity contribution in [2.75, 3.05) is 10.6 Å². The van der Waals surface area contributed by atoms with Crippen molar-refractivity contribution in [2.24, 2.45) is 0 Å². The van der Waals surface area contributed by atoms with E-state index in [1.165, 1.54) is 5.56 Å². The summed E-state index contributed by atoms with van der Waals surface area (Å²) >= 11 is 0. The molecule has 2 rings (SSSR count). The van der Waals surface area contributed by atoms with Gasteiger partial charge in [0.15, 0.2) is 11.6 Å². The highest BCUT2D eigenvalue weighted by atomic mass is 16.1. The first-order valence-corrected chi connectivity index (χ1v) is 7.14. The van der Waals surface area contributed by atoms with E-state index < -0.39 is 0 Å². The van der Waals surface area contributed by atoms with Crippen LogP contribution in [0.25, 0.3) is 0 Å². The predicted molar refractivity (Wildman–Crippen MR) is 84.6 cm³/mol. The van der Waals surface area contributed by atoms with Crippen molar-refractivity contribution < 1.29 is 4.79 Å². The van der Waals surface area contributed by atoms with Crippen molar-refractivity contribution in [3.05, 3.63) is 42.0 Å². The summed E-state index contributed by atoms with van der Waals surface area (Å²) in [6.45, 7) is 4.09. The third kappa shape index (κ3) is 4.87. The van der Waals surface area contributed by atoms with Gasteiger partial charge < -0.3 is 10.6 Å². The maximum atomic E-state index is 11.6. The van der Waals surface area contributed by atoms with Crippen LogP contribution in [0.5, 0.6) is 0 Å². The Morgan fingerprint density at radius 2 is 1.90 bits per heavy atom. The molecule has 0 spiro atoms. The van der Waals surface area contributed by atoms with Crippen molar-refractivity contribution in [1.29, 1.82) is 0 Å². The first-order chi connectivity index (χ1) is 10.2. The smallest absolute Gasteiger partial charge is 0.225 e. The van der Waals surface area contributed by atoms with Crippen LogP contribution in [0.3, 0.4) is 0 Å². The molecular weight excluding hydrogens is 264 g/mol. The molecule has 0 saturated carbocycles. The minimum atomic E-state index is -0.0226. The summed E-state index contributed by atoms with van der Waals surface area (Å²) < 4.78 is 0. The zero-order valence-electron chi connectivity index (χ0n) is 12.4. The number of aryl methyl sites for hydroxylation is 1.